The van der Waals surface area contributed by atoms with Crippen molar-refractivity contribution in [1.29, 1.82) is 0 Å². The van der Waals surface area contributed by atoms with Crippen molar-refractivity contribution < 1.29 is 5.11 Å². The average Bonchev–Trinajstić information content (AvgIpc) is 2.80. The van der Waals surface area contributed by atoms with Crippen molar-refractivity contribution in [2.24, 2.45) is 4.99 Å². The van der Waals surface area contributed by atoms with Crippen LogP contribution in [-0.4, -0.2) is 22.8 Å². The van der Waals surface area contributed by atoms with Crippen molar-refractivity contribution in [1.82, 2.24) is 4.98 Å². The third-order valence-electron chi connectivity index (χ3n) is 3.32. The van der Waals surface area contributed by atoms with Gasteiger partial charge in [-0.05, 0) is 18.1 Å². The number of para-hydroxylation sites is 1. The van der Waals surface area contributed by atoms with E-state index in [4.69, 9.17) is 0 Å². The number of aliphatic imine (C=N–C) groups is 1. The number of hydrogen-bond donors (Lipinski definition) is 2. The maximum atomic E-state index is 9.90. The fraction of sp³-hybridized carbons (Fsp3) is 0.118. The van der Waals surface area contributed by atoms with E-state index in [1.54, 1.807) is 6.21 Å². The van der Waals surface area contributed by atoms with Gasteiger partial charge in [-0.3, -0.25) is 4.99 Å². The van der Waals surface area contributed by atoms with Gasteiger partial charge in [-0.25, -0.2) is 0 Å². The highest BCUT2D eigenvalue weighted by Gasteiger charge is 2.07. The largest absolute Gasteiger partial charge is 0.494 e. The van der Waals surface area contributed by atoms with Crippen LogP contribution in [0.1, 0.15) is 11.1 Å². The third-order valence-corrected chi connectivity index (χ3v) is 3.32. The van der Waals surface area contributed by atoms with Crippen LogP contribution in [0.4, 0.5) is 0 Å². The standard InChI is InChI=1S/C17H16N2O/c20-17-15(14-8-4-5-9-16(14)19-17)12-18-11-10-13-6-2-1-3-7-13/h1-9,12,19-20H,10-11H2. The van der Waals surface area contributed by atoms with E-state index >= 15 is 0 Å². The number of fused-ring (bicyclic) bond motifs is 1. The molecule has 0 bridgehead atoms. The molecule has 3 aromatic rings. The van der Waals surface area contributed by atoms with Gasteiger partial charge in [-0.2, -0.15) is 0 Å². The molecule has 1 heterocycles. The Bertz CT molecular complexity index is 729. The number of rotatable bonds is 4. The van der Waals surface area contributed by atoms with Crippen LogP contribution in [0.15, 0.2) is 59.6 Å². The zero-order valence-corrected chi connectivity index (χ0v) is 11.1. The summed E-state index contributed by atoms with van der Waals surface area (Å²) in [7, 11) is 0. The second-order valence-corrected chi connectivity index (χ2v) is 4.70. The highest BCUT2D eigenvalue weighted by atomic mass is 16.3. The number of nitrogens with zero attached hydrogens (tertiary/aromatic N) is 1. The van der Waals surface area contributed by atoms with E-state index in [1.165, 1.54) is 5.56 Å². The van der Waals surface area contributed by atoms with Crippen LogP contribution in [-0.2, 0) is 6.42 Å². The second-order valence-electron chi connectivity index (χ2n) is 4.70. The lowest BCUT2D eigenvalue weighted by atomic mass is 10.1. The van der Waals surface area contributed by atoms with Gasteiger partial charge in [0.1, 0.15) is 0 Å². The Hall–Kier alpha value is -2.55. The highest BCUT2D eigenvalue weighted by molar-refractivity contribution is 6.01. The molecule has 0 amide bonds. The van der Waals surface area contributed by atoms with Crippen molar-refractivity contribution in [3.05, 3.63) is 65.7 Å². The van der Waals surface area contributed by atoms with Crippen LogP contribution >= 0.6 is 0 Å². The van der Waals surface area contributed by atoms with Crippen LogP contribution in [0, 0.1) is 0 Å². The normalized spacial score (nSPS) is 11.4. The Balaban J connectivity index is 1.73. The lowest BCUT2D eigenvalue weighted by Crippen LogP contribution is -1.90. The maximum Gasteiger partial charge on any atom is 0.198 e. The van der Waals surface area contributed by atoms with Gasteiger partial charge in [0.2, 0.25) is 0 Å². The number of H-pyrrole nitrogens is 1. The van der Waals surface area contributed by atoms with E-state index in [2.05, 4.69) is 22.1 Å². The zero-order valence-electron chi connectivity index (χ0n) is 11.1. The minimum absolute atomic E-state index is 0.176. The summed E-state index contributed by atoms with van der Waals surface area (Å²) in [6, 6.07) is 18.1. The van der Waals surface area contributed by atoms with E-state index in [9.17, 15) is 5.11 Å². The van der Waals surface area contributed by atoms with Gasteiger partial charge >= 0.3 is 0 Å². The van der Waals surface area contributed by atoms with E-state index in [0.717, 1.165) is 22.9 Å². The predicted octanol–water partition coefficient (Wildman–Crippen LogP) is 3.54. The Labute approximate surface area is 117 Å². The summed E-state index contributed by atoms with van der Waals surface area (Å²) in [5, 5.41) is 10.9. The Kier molecular flexibility index (Phi) is 3.50. The Morgan fingerprint density at radius 3 is 2.60 bits per heavy atom. The fourth-order valence-corrected chi connectivity index (χ4v) is 2.27. The summed E-state index contributed by atoms with van der Waals surface area (Å²) in [6.07, 6.45) is 2.65. The van der Waals surface area contributed by atoms with Crippen LogP contribution in [0.3, 0.4) is 0 Å². The lowest BCUT2D eigenvalue weighted by Gasteiger charge is -1.97. The van der Waals surface area contributed by atoms with E-state index in [1.807, 2.05) is 42.5 Å². The fourth-order valence-electron chi connectivity index (χ4n) is 2.27. The SMILES string of the molecule is Oc1[nH]c2ccccc2c1C=NCCc1ccccc1. The van der Waals surface area contributed by atoms with Crippen LogP contribution in [0.5, 0.6) is 5.88 Å². The molecular weight excluding hydrogens is 248 g/mol. The van der Waals surface area contributed by atoms with Crippen LogP contribution in [0.2, 0.25) is 0 Å². The number of aromatic hydroxyl groups is 1. The number of nitrogens with one attached hydrogen (secondary N) is 1. The molecule has 20 heavy (non-hydrogen) atoms. The number of aromatic nitrogens is 1. The molecular formula is C17H16N2O. The number of hydrogen-bond acceptors (Lipinski definition) is 2. The first-order chi connectivity index (χ1) is 9.84. The van der Waals surface area contributed by atoms with Crippen LogP contribution in [0.25, 0.3) is 10.9 Å². The van der Waals surface area contributed by atoms with Gasteiger partial charge in [0.15, 0.2) is 5.88 Å². The number of benzene rings is 2. The van der Waals surface area contributed by atoms with Crippen molar-refractivity contribution in [2.45, 2.75) is 6.42 Å². The molecule has 0 atom stereocenters. The minimum atomic E-state index is 0.176. The monoisotopic (exact) mass is 264 g/mol. The van der Waals surface area contributed by atoms with Crippen molar-refractivity contribution in [3.8, 4) is 5.88 Å². The average molecular weight is 264 g/mol. The first-order valence-corrected chi connectivity index (χ1v) is 6.68. The molecule has 0 aliphatic heterocycles. The molecule has 2 aromatic carbocycles. The molecule has 3 nitrogen and oxygen atoms in total. The lowest BCUT2D eigenvalue weighted by molar-refractivity contribution is 0.457. The van der Waals surface area contributed by atoms with Crippen molar-refractivity contribution in [2.75, 3.05) is 6.54 Å². The molecule has 0 fully saturated rings. The van der Waals surface area contributed by atoms with Crippen LogP contribution < -0.4 is 0 Å². The third kappa shape index (κ3) is 2.57. The molecule has 0 unspecified atom stereocenters. The molecule has 0 saturated heterocycles. The van der Waals surface area contributed by atoms with Crippen molar-refractivity contribution in [3.63, 3.8) is 0 Å². The quantitative estimate of drug-likeness (QED) is 0.696. The van der Waals surface area contributed by atoms with Gasteiger partial charge in [-0.1, -0.05) is 48.5 Å². The van der Waals surface area contributed by atoms with Gasteiger partial charge in [0, 0.05) is 23.7 Å². The summed E-state index contributed by atoms with van der Waals surface area (Å²) in [5.74, 6) is 0.176. The summed E-state index contributed by atoms with van der Waals surface area (Å²) in [6.45, 7) is 0.711. The molecule has 0 aliphatic carbocycles. The van der Waals surface area contributed by atoms with Gasteiger partial charge < -0.3 is 10.1 Å². The van der Waals surface area contributed by atoms with E-state index < -0.39 is 0 Å². The van der Waals surface area contributed by atoms with Gasteiger partial charge in [0.25, 0.3) is 0 Å². The molecule has 0 aliphatic rings. The predicted molar refractivity (Wildman–Crippen MR) is 82.6 cm³/mol. The second kappa shape index (κ2) is 5.61. The summed E-state index contributed by atoms with van der Waals surface area (Å²) < 4.78 is 0. The van der Waals surface area contributed by atoms with Crippen molar-refractivity contribution >= 4 is 17.1 Å². The first-order valence-electron chi connectivity index (χ1n) is 6.68. The Morgan fingerprint density at radius 2 is 1.75 bits per heavy atom. The maximum absolute atomic E-state index is 9.90. The van der Waals surface area contributed by atoms with E-state index in [0.29, 0.717) is 6.54 Å². The molecule has 1 aromatic heterocycles. The Morgan fingerprint density at radius 1 is 1.00 bits per heavy atom. The topological polar surface area (TPSA) is 48.4 Å². The molecule has 0 radical (unpaired) electrons. The molecule has 3 rings (SSSR count). The summed E-state index contributed by atoms with van der Waals surface area (Å²) in [4.78, 5) is 7.37. The van der Waals surface area contributed by atoms with Gasteiger partial charge in [0.05, 0.1) is 5.56 Å². The molecule has 100 valence electrons. The highest BCUT2D eigenvalue weighted by Crippen LogP contribution is 2.24. The summed E-state index contributed by atoms with van der Waals surface area (Å²) in [5.41, 5.74) is 2.95. The smallest absolute Gasteiger partial charge is 0.198 e. The summed E-state index contributed by atoms with van der Waals surface area (Å²) >= 11 is 0. The number of aromatic amines is 1. The molecule has 0 saturated carbocycles. The zero-order chi connectivity index (χ0) is 13.8. The van der Waals surface area contributed by atoms with E-state index in [-0.39, 0.29) is 5.88 Å². The van der Waals surface area contributed by atoms with Gasteiger partial charge in [-0.15, -0.1) is 0 Å². The molecule has 3 heteroatoms. The molecule has 0 spiro atoms. The molecule has 2 N–H and O–H groups in total. The first kappa shape index (κ1) is 12.5. The minimum Gasteiger partial charge on any atom is -0.494 e.